The first-order valence-corrected chi connectivity index (χ1v) is 19.7. The van der Waals surface area contributed by atoms with Crippen molar-refractivity contribution in [2.45, 2.75) is 114 Å². The molecule has 1 saturated heterocycles. The lowest BCUT2D eigenvalue weighted by molar-refractivity contribution is -0.209. The summed E-state index contributed by atoms with van der Waals surface area (Å²) in [5.41, 5.74) is 0.987. The summed E-state index contributed by atoms with van der Waals surface area (Å²) in [5, 5.41) is 15.5. The molecule has 2 aromatic rings. The van der Waals surface area contributed by atoms with E-state index in [0.717, 1.165) is 31.8 Å². The monoisotopic (exact) mass is 826 g/mol. The summed E-state index contributed by atoms with van der Waals surface area (Å²) in [5.74, 6) is -3.74. The molecule has 0 spiro atoms. The zero-order valence-electron chi connectivity index (χ0n) is 33.0. The number of carbonyl (C=O) groups is 5. The lowest BCUT2D eigenvalue weighted by Gasteiger charge is -2.31. The number of ether oxygens (including phenoxy) is 5. The smallest absolute Gasteiger partial charge is 0.422 e. The maximum Gasteiger partial charge on any atom is 0.422 e. The average molecular weight is 827 g/mol. The minimum atomic E-state index is -4.67. The number of esters is 3. The third-order valence-electron chi connectivity index (χ3n) is 10.2. The van der Waals surface area contributed by atoms with Crippen LogP contribution in [0.25, 0.3) is 6.08 Å². The molecule has 16 heteroatoms. The van der Waals surface area contributed by atoms with Crippen LogP contribution in [0.15, 0.2) is 66.3 Å². The van der Waals surface area contributed by atoms with Gasteiger partial charge in [0.15, 0.2) is 12.4 Å². The average Bonchev–Trinajstić information content (AvgIpc) is 4.14. The molecule has 4 aliphatic rings. The second kappa shape index (κ2) is 18.1. The van der Waals surface area contributed by atoms with Crippen molar-refractivity contribution in [1.29, 1.82) is 0 Å². The van der Waals surface area contributed by atoms with Crippen LogP contribution in [0.4, 0.5) is 13.2 Å². The fourth-order valence-corrected chi connectivity index (χ4v) is 7.19. The molecule has 0 radical (unpaired) electrons. The first kappa shape index (κ1) is 43.5. The number of halogens is 3. The fraction of sp³-hybridized carbons (Fsp3) is 0.512. The van der Waals surface area contributed by atoms with Crippen molar-refractivity contribution in [2.75, 3.05) is 13.2 Å². The van der Waals surface area contributed by atoms with Crippen LogP contribution in [-0.4, -0.2) is 90.0 Å². The van der Waals surface area contributed by atoms with Gasteiger partial charge >= 0.3 is 24.1 Å². The molecule has 2 saturated carbocycles. The molecular formula is C43H49F3N2O11. The van der Waals surface area contributed by atoms with Crippen LogP contribution >= 0.6 is 0 Å². The lowest BCUT2D eigenvalue weighted by atomic mass is 9.91. The molecule has 6 rings (SSSR count). The van der Waals surface area contributed by atoms with E-state index in [0.29, 0.717) is 16.7 Å². The normalized spacial score (nSPS) is 21.8. The van der Waals surface area contributed by atoms with Gasteiger partial charge in [0.25, 0.3) is 5.91 Å². The molecule has 2 amide bonds. The van der Waals surface area contributed by atoms with E-state index >= 15 is 0 Å². The molecule has 4 unspecified atom stereocenters. The molecule has 3 fully saturated rings. The largest absolute Gasteiger partial charge is 0.460 e. The molecule has 0 aromatic heterocycles. The fourth-order valence-electron chi connectivity index (χ4n) is 7.19. The number of nitrogens with one attached hydrogen (secondary N) is 2. The zero-order chi connectivity index (χ0) is 42.5. The molecule has 59 heavy (non-hydrogen) atoms. The summed E-state index contributed by atoms with van der Waals surface area (Å²) in [6.45, 7) is 3.20. The van der Waals surface area contributed by atoms with Crippen LogP contribution in [0.3, 0.4) is 0 Å². The Morgan fingerprint density at radius 2 is 1.64 bits per heavy atom. The van der Waals surface area contributed by atoms with E-state index < -0.39 is 78.2 Å². The number of amides is 2. The maximum absolute atomic E-state index is 13.7. The predicted octanol–water partition coefficient (Wildman–Crippen LogP) is 5.49. The van der Waals surface area contributed by atoms with E-state index in [1.807, 2.05) is 0 Å². The highest BCUT2D eigenvalue weighted by molar-refractivity contribution is 5.96. The van der Waals surface area contributed by atoms with Crippen LogP contribution in [0.2, 0.25) is 0 Å². The molecule has 1 aliphatic heterocycles. The molecule has 13 nitrogen and oxygen atoms in total. The van der Waals surface area contributed by atoms with Gasteiger partial charge in [-0.3, -0.25) is 14.4 Å². The number of alkyl halides is 3. The Morgan fingerprint density at radius 1 is 0.949 bits per heavy atom. The second-order valence-corrected chi connectivity index (χ2v) is 16.3. The highest BCUT2D eigenvalue weighted by Gasteiger charge is 2.64. The molecular weight excluding hydrogens is 777 g/mol. The van der Waals surface area contributed by atoms with Gasteiger partial charge in [0.05, 0.1) is 18.2 Å². The SMILES string of the molecule is CC(C)(C)OC(=O)CCC(CO)NC(=O)c1cccc(CNC(=O)C2=CC3OC(C4CC4)(C4CC4)OC3C(OC(=O)c3cccc(C=CC(=O)OCC(F)(F)F)c3)C2)c1. The van der Waals surface area contributed by atoms with E-state index in [2.05, 4.69) is 15.4 Å². The van der Waals surface area contributed by atoms with E-state index in [-0.39, 0.29) is 55.4 Å². The van der Waals surface area contributed by atoms with Gasteiger partial charge in [0.1, 0.15) is 23.9 Å². The highest BCUT2D eigenvalue weighted by Crippen LogP contribution is 2.59. The summed E-state index contributed by atoms with van der Waals surface area (Å²) in [7, 11) is 0. The Morgan fingerprint density at radius 3 is 2.31 bits per heavy atom. The van der Waals surface area contributed by atoms with Gasteiger partial charge in [-0.2, -0.15) is 13.2 Å². The van der Waals surface area contributed by atoms with Crippen LogP contribution in [0.5, 0.6) is 0 Å². The van der Waals surface area contributed by atoms with E-state index in [1.54, 1.807) is 57.2 Å². The zero-order valence-corrected chi connectivity index (χ0v) is 33.0. The molecule has 0 bridgehead atoms. The number of aliphatic hydroxyl groups is 1. The van der Waals surface area contributed by atoms with Gasteiger partial charge in [0, 0.05) is 48.4 Å². The first-order chi connectivity index (χ1) is 27.9. The summed E-state index contributed by atoms with van der Waals surface area (Å²) < 4.78 is 66.1. The van der Waals surface area contributed by atoms with E-state index in [1.165, 1.54) is 24.3 Å². The quantitative estimate of drug-likeness (QED) is 0.111. The molecule has 318 valence electrons. The number of benzene rings is 2. The summed E-state index contributed by atoms with van der Waals surface area (Å²) in [6, 6.07) is 11.9. The maximum atomic E-state index is 13.7. The Bertz CT molecular complexity index is 1950. The molecule has 3 N–H and O–H groups in total. The number of fused-ring (bicyclic) bond motifs is 1. The van der Waals surface area contributed by atoms with Gasteiger partial charge in [-0.1, -0.05) is 24.3 Å². The molecule has 2 aromatic carbocycles. The van der Waals surface area contributed by atoms with Gasteiger partial charge in [0.2, 0.25) is 5.91 Å². The Hall–Kier alpha value is -5.06. The highest BCUT2D eigenvalue weighted by atomic mass is 19.4. The topological polar surface area (TPSA) is 176 Å². The van der Waals surface area contributed by atoms with Crippen molar-refractivity contribution in [3.63, 3.8) is 0 Å². The number of carbonyl (C=O) groups excluding carboxylic acids is 5. The van der Waals surface area contributed by atoms with Crippen LogP contribution < -0.4 is 10.6 Å². The molecule has 4 atom stereocenters. The van der Waals surface area contributed by atoms with Crippen LogP contribution in [-0.2, 0) is 44.6 Å². The number of rotatable bonds is 16. The van der Waals surface area contributed by atoms with Gasteiger partial charge < -0.3 is 39.4 Å². The minimum Gasteiger partial charge on any atom is -0.460 e. The predicted molar refractivity (Wildman–Crippen MR) is 204 cm³/mol. The van der Waals surface area contributed by atoms with Gasteiger partial charge in [-0.15, -0.1) is 0 Å². The van der Waals surface area contributed by atoms with E-state index in [9.17, 15) is 42.3 Å². The van der Waals surface area contributed by atoms with Crippen molar-refractivity contribution in [3.8, 4) is 0 Å². The summed E-state index contributed by atoms with van der Waals surface area (Å²) in [4.78, 5) is 64.3. The Kier molecular flexibility index (Phi) is 13.3. The third kappa shape index (κ3) is 12.0. The number of hydrogen-bond acceptors (Lipinski definition) is 11. The van der Waals surface area contributed by atoms with Crippen LogP contribution in [0.1, 0.15) is 97.6 Å². The van der Waals surface area contributed by atoms with Gasteiger partial charge in [-0.25, -0.2) is 9.59 Å². The summed E-state index contributed by atoms with van der Waals surface area (Å²) >= 11 is 0. The van der Waals surface area contributed by atoms with Crippen molar-refractivity contribution in [1.82, 2.24) is 10.6 Å². The first-order valence-electron chi connectivity index (χ1n) is 19.7. The van der Waals surface area contributed by atoms with Crippen molar-refractivity contribution in [3.05, 3.63) is 88.5 Å². The standard InChI is InChI=1S/C43H49F3N2O11/c1-41(2,3)58-36(51)17-15-32(23-49)48-39(53)27-8-5-7-26(19-27)22-47-38(52)29-20-33(37-34(21-29)57-43(59-37,30-11-12-30)31-13-14-31)56-40(54)28-9-4-6-25(18-28)10-16-35(50)55-24-42(44,45)46/h4-10,16,18-19,21,30-34,37,49H,11-15,17,20,22-24H2,1-3H3,(H,47,52)(H,48,53). The Labute approximate surface area is 339 Å². The second-order valence-electron chi connectivity index (χ2n) is 16.3. The lowest BCUT2D eigenvalue weighted by Crippen LogP contribution is -2.44. The Balaban J connectivity index is 1.10. The molecule has 3 aliphatic carbocycles. The van der Waals surface area contributed by atoms with Crippen molar-refractivity contribution >= 4 is 35.8 Å². The van der Waals surface area contributed by atoms with Gasteiger partial charge in [-0.05, 0) is 100 Å². The van der Waals surface area contributed by atoms with Crippen molar-refractivity contribution in [2.24, 2.45) is 11.8 Å². The van der Waals surface area contributed by atoms with Crippen molar-refractivity contribution < 1.29 is 65.9 Å². The van der Waals surface area contributed by atoms with E-state index in [4.69, 9.17) is 18.9 Å². The third-order valence-corrected chi connectivity index (χ3v) is 10.2. The minimum absolute atomic E-state index is 0.00639. The summed E-state index contributed by atoms with van der Waals surface area (Å²) in [6.07, 6.45) is 0.738. The number of aliphatic hydroxyl groups excluding tert-OH is 1. The molecule has 1 heterocycles. The number of hydrogen-bond donors (Lipinski definition) is 3. The van der Waals surface area contributed by atoms with Crippen LogP contribution in [0, 0.1) is 11.8 Å².